The van der Waals surface area contributed by atoms with E-state index in [2.05, 4.69) is 55.7 Å². The normalized spacial score (nSPS) is 18.1. The van der Waals surface area contributed by atoms with Gasteiger partial charge >= 0.3 is 0 Å². The maximum atomic E-state index is 9.60. The Kier molecular flexibility index (Phi) is 7.64. The van der Waals surface area contributed by atoms with Crippen molar-refractivity contribution in [3.8, 4) is 0 Å². The van der Waals surface area contributed by atoms with E-state index in [-0.39, 0.29) is 6.61 Å². The molecule has 12 heteroatoms. The molecule has 4 aliphatic rings. The molecule has 0 aliphatic carbocycles. The van der Waals surface area contributed by atoms with Crippen LogP contribution in [-0.4, -0.2) is 64.3 Å². The van der Waals surface area contributed by atoms with E-state index in [1.807, 2.05) is 17.5 Å². The summed E-state index contributed by atoms with van der Waals surface area (Å²) < 4.78 is 3.73. The molecule has 4 aliphatic heterocycles. The van der Waals surface area contributed by atoms with Crippen molar-refractivity contribution in [1.29, 1.82) is 0 Å². The third-order valence-corrected chi connectivity index (χ3v) is 12.6. The first-order valence-corrected chi connectivity index (χ1v) is 17.9. The number of benzene rings is 2. The summed E-state index contributed by atoms with van der Waals surface area (Å²) in [4.78, 5) is 14.5. The molecule has 0 unspecified atom stereocenters. The number of aliphatic hydroxyl groups is 1. The summed E-state index contributed by atoms with van der Waals surface area (Å²) in [7, 11) is 0. The molecule has 5 nitrogen and oxygen atoms in total. The summed E-state index contributed by atoms with van der Waals surface area (Å²) in [6, 6.07) is 12.6. The molecule has 8 rings (SSSR count). The molecule has 0 spiro atoms. The van der Waals surface area contributed by atoms with Gasteiger partial charge in [0.25, 0.3) is 0 Å². The lowest BCUT2D eigenvalue weighted by molar-refractivity contribution is 0.339. The van der Waals surface area contributed by atoms with E-state index in [0.717, 1.165) is 73.5 Å². The van der Waals surface area contributed by atoms with Gasteiger partial charge in [-0.1, -0.05) is 35.0 Å². The predicted octanol–water partition coefficient (Wildman–Crippen LogP) is 8.60. The van der Waals surface area contributed by atoms with E-state index in [0.29, 0.717) is 0 Å². The molecule has 0 fully saturated rings. The zero-order chi connectivity index (χ0) is 27.4. The van der Waals surface area contributed by atoms with Crippen molar-refractivity contribution in [1.82, 2.24) is 9.80 Å². The highest BCUT2D eigenvalue weighted by molar-refractivity contribution is 8.30. The molecule has 0 atom stereocenters. The molecule has 2 aromatic heterocycles. The Morgan fingerprint density at radius 1 is 0.825 bits per heavy atom. The number of aliphatic hydroxyl groups excluding tert-OH is 1. The highest BCUT2D eigenvalue weighted by Crippen LogP contribution is 2.47. The van der Waals surface area contributed by atoms with Crippen LogP contribution in [0.1, 0.15) is 11.1 Å². The van der Waals surface area contributed by atoms with Crippen LogP contribution in [0, 0.1) is 0 Å². The largest absolute Gasteiger partial charge is 0.391 e. The molecule has 1 N–H and O–H groups in total. The van der Waals surface area contributed by atoms with Gasteiger partial charge in [0.1, 0.15) is 0 Å². The fourth-order valence-corrected chi connectivity index (χ4v) is 10.5. The molecule has 204 valence electrons. The summed E-state index contributed by atoms with van der Waals surface area (Å²) in [5, 5.41) is 19.7. The van der Waals surface area contributed by atoms with E-state index >= 15 is 0 Å². The highest BCUT2D eigenvalue weighted by Gasteiger charge is 2.34. The van der Waals surface area contributed by atoms with Gasteiger partial charge < -0.3 is 14.9 Å². The van der Waals surface area contributed by atoms with E-state index in [1.165, 1.54) is 24.9 Å². The van der Waals surface area contributed by atoms with Gasteiger partial charge in [-0.25, -0.2) is 0 Å². The van der Waals surface area contributed by atoms with Crippen molar-refractivity contribution in [3.63, 3.8) is 0 Å². The lowest BCUT2D eigenvalue weighted by Gasteiger charge is -2.17. The number of hydrogen-bond acceptors (Lipinski definition) is 10. The van der Waals surface area contributed by atoms with Gasteiger partial charge in [-0.2, -0.15) is 0 Å². The van der Waals surface area contributed by atoms with Crippen LogP contribution < -0.4 is 0 Å². The van der Waals surface area contributed by atoms with Crippen molar-refractivity contribution in [3.05, 3.63) is 77.5 Å². The Labute approximate surface area is 262 Å². The second-order valence-corrected chi connectivity index (χ2v) is 15.0. The summed E-state index contributed by atoms with van der Waals surface area (Å²) >= 11 is 21.4. The zero-order valence-corrected chi connectivity index (χ0v) is 26.8. The Balaban J connectivity index is 0.000000132. The summed E-state index contributed by atoms with van der Waals surface area (Å²) in [5.74, 6) is 0. The van der Waals surface area contributed by atoms with Crippen LogP contribution in [0.3, 0.4) is 0 Å². The lowest BCUT2D eigenvalue weighted by atomic mass is 10.1. The number of thiophene rings is 2. The van der Waals surface area contributed by atoms with Crippen molar-refractivity contribution >= 4 is 123 Å². The van der Waals surface area contributed by atoms with Crippen LogP contribution in [-0.2, 0) is 0 Å². The monoisotopic (exact) mass is 660 g/mol. The third-order valence-electron chi connectivity index (χ3n) is 6.92. The molecule has 2 aromatic carbocycles. The molecular weight excluding hydrogens is 640 g/mol. The lowest BCUT2D eigenvalue weighted by Crippen LogP contribution is -2.20. The number of nitrogens with zero attached hydrogens (tertiary/aromatic N) is 4. The molecule has 0 saturated heterocycles. The fourth-order valence-electron chi connectivity index (χ4n) is 5.16. The third kappa shape index (κ3) is 4.70. The van der Waals surface area contributed by atoms with Crippen molar-refractivity contribution in [2.24, 2.45) is 9.98 Å². The number of rotatable bonds is 4. The summed E-state index contributed by atoms with van der Waals surface area (Å²) in [6.07, 6.45) is 2.12. The minimum atomic E-state index is 0.0373. The maximum Gasteiger partial charge on any atom is 0.169 e. The van der Waals surface area contributed by atoms with Gasteiger partial charge in [-0.3, -0.25) is 9.98 Å². The number of hydrogen-bond donors (Lipinski definition) is 1. The maximum absolute atomic E-state index is 9.60. The summed E-state index contributed by atoms with van der Waals surface area (Å²) in [5.41, 5.74) is 4.60. The van der Waals surface area contributed by atoms with E-state index in [9.17, 15) is 5.11 Å². The van der Waals surface area contributed by atoms with Gasteiger partial charge in [0.05, 0.1) is 35.3 Å². The van der Waals surface area contributed by atoms with Gasteiger partial charge in [0.2, 0.25) is 0 Å². The van der Waals surface area contributed by atoms with Crippen LogP contribution >= 0.6 is 81.2 Å². The Morgan fingerprint density at radius 3 is 1.95 bits per heavy atom. The minimum absolute atomic E-state index is 0.0373. The van der Waals surface area contributed by atoms with Crippen LogP contribution in [0.4, 0.5) is 0 Å². The molecule has 0 amide bonds. The van der Waals surface area contributed by atoms with Crippen molar-refractivity contribution < 1.29 is 5.11 Å². The number of amidine groups is 2. The molecule has 40 heavy (non-hydrogen) atoms. The minimum Gasteiger partial charge on any atom is -0.391 e. The van der Waals surface area contributed by atoms with E-state index < -0.39 is 0 Å². The zero-order valence-electron chi connectivity index (χ0n) is 21.2. The Morgan fingerprint density at radius 2 is 1.38 bits per heavy atom. The summed E-state index contributed by atoms with van der Waals surface area (Å²) in [6.45, 7) is 3.60. The topological polar surface area (TPSA) is 51.4 Å². The highest BCUT2D eigenvalue weighted by atomic mass is 35.5. The van der Waals surface area contributed by atoms with Crippen LogP contribution in [0.25, 0.3) is 31.6 Å². The Hall–Kier alpha value is -1.63. The molecular formula is C28H22Cl2N4OS5. The average Bonchev–Trinajstić information content (AvgIpc) is 3.77. The molecule has 0 saturated carbocycles. The number of aliphatic imine (C=N–C) groups is 2. The van der Waals surface area contributed by atoms with Gasteiger partial charge in [0.15, 0.2) is 10.3 Å². The van der Waals surface area contributed by atoms with E-state index in [4.69, 9.17) is 23.2 Å². The fraction of sp³-hybridized carbons (Fsp3) is 0.214. The smallest absolute Gasteiger partial charge is 0.169 e. The first-order chi connectivity index (χ1) is 19.6. The second kappa shape index (κ2) is 11.2. The molecule has 0 radical (unpaired) electrons. The Bertz CT molecular complexity index is 1660. The quantitative estimate of drug-likeness (QED) is 0.237. The van der Waals surface area contributed by atoms with Gasteiger partial charge in [-0.15, -0.1) is 34.4 Å². The van der Waals surface area contributed by atoms with Gasteiger partial charge in [0, 0.05) is 59.3 Å². The SMILES string of the molecule is CSC1=C(c2cc(Cl)c3ccsc3c2)N2CCN=C2S1.OCC1=C(c2cc(Cl)c3ccsc3c2)N2CCN=C2S1. The van der Waals surface area contributed by atoms with Crippen LogP contribution in [0.5, 0.6) is 0 Å². The number of halogens is 2. The first-order valence-electron chi connectivity index (χ1n) is 12.5. The average molecular weight is 662 g/mol. The predicted molar refractivity (Wildman–Crippen MR) is 181 cm³/mol. The van der Waals surface area contributed by atoms with Crippen molar-refractivity contribution in [2.75, 3.05) is 39.0 Å². The van der Waals surface area contributed by atoms with Crippen LogP contribution in [0.15, 0.2) is 66.3 Å². The molecule has 4 aromatic rings. The van der Waals surface area contributed by atoms with Crippen molar-refractivity contribution in [2.45, 2.75) is 0 Å². The number of fused-ring (bicyclic) bond motifs is 4. The first kappa shape index (κ1) is 27.2. The second-order valence-electron chi connectivity index (χ2n) is 9.19. The van der Waals surface area contributed by atoms with E-state index in [1.54, 1.807) is 58.0 Å². The molecule has 6 heterocycles. The van der Waals surface area contributed by atoms with Gasteiger partial charge in [-0.05, 0) is 65.2 Å². The van der Waals surface area contributed by atoms with Crippen LogP contribution in [0.2, 0.25) is 10.0 Å². The number of thioether (sulfide) groups is 3. The molecule has 0 bridgehead atoms. The standard InChI is InChI=1S/C14H11ClN2OS2.C14H11ClN2S3/c15-10-5-8(6-11-9(10)1-4-19-11)13-12(7-18)20-14-16-2-3-17(13)14;1-18-13-12(17-4-3-16-14(17)20-13)8-6-10(15)9-2-5-19-11(9)7-8/h1,4-6,18H,2-3,7H2;2,5-7H,3-4H2,1H3.